The van der Waals surface area contributed by atoms with Gasteiger partial charge in [0, 0.05) is 6.61 Å². The summed E-state index contributed by atoms with van der Waals surface area (Å²) in [6.07, 6.45) is 4.15. The normalized spacial score (nSPS) is 13.3. The van der Waals surface area contributed by atoms with Gasteiger partial charge >= 0.3 is 0 Å². The van der Waals surface area contributed by atoms with Crippen molar-refractivity contribution in [1.29, 1.82) is 0 Å². The molecule has 6 heteroatoms. The van der Waals surface area contributed by atoms with E-state index in [2.05, 4.69) is 5.92 Å². The molecule has 0 fully saturated rings. The molecule has 0 aliphatic heterocycles. The van der Waals surface area contributed by atoms with E-state index in [-0.39, 0.29) is 19.6 Å². The Bertz CT molecular complexity index is 225. The van der Waals surface area contributed by atoms with Crippen LogP contribution in [0.15, 0.2) is 0 Å². The summed E-state index contributed by atoms with van der Waals surface area (Å²) in [5.41, 5.74) is -1.29. The minimum atomic E-state index is -1.29. The fourth-order valence-corrected chi connectivity index (χ4v) is 1.32. The molecule has 0 aromatic rings. The molecular weight excluding hydrogens is 240 g/mol. The lowest BCUT2D eigenvalue weighted by Crippen LogP contribution is -2.45. The topological polar surface area (TPSA) is 99.4 Å². The van der Waals surface area contributed by atoms with Crippen LogP contribution in [0.4, 0.5) is 0 Å². The Kier molecular flexibility index (Phi) is 9.87. The van der Waals surface area contributed by atoms with Crippen molar-refractivity contribution in [2.75, 3.05) is 46.2 Å². The molecule has 0 aliphatic rings. The number of ether oxygens (including phenoxy) is 2. The van der Waals surface area contributed by atoms with Crippen molar-refractivity contribution >= 4 is 0 Å². The summed E-state index contributed by atoms with van der Waals surface area (Å²) in [4.78, 5) is 0. The van der Waals surface area contributed by atoms with Crippen molar-refractivity contribution in [2.24, 2.45) is 5.41 Å². The highest BCUT2D eigenvalue weighted by Gasteiger charge is 2.36. The first-order valence-corrected chi connectivity index (χ1v) is 5.76. The van der Waals surface area contributed by atoms with E-state index in [4.69, 9.17) is 31.2 Å². The third-order valence-corrected chi connectivity index (χ3v) is 2.74. The second-order valence-electron chi connectivity index (χ2n) is 4.01. The summed E-state index contributed by atoms with van der Waals surface area (Å²) in [5.74, 6) is 2.32. The smallest absolute Gasteiger partial charge is 0.107 e. The molecule has 6 nitrogen and oxygen atoms in total. The van der Waals surface area contributed by atoms with Crippen molar-refractivity contribution in [1.82, 2.24) is 0 Å². The number of hydrogen-bond donors (Lipinski definition) is 4. The minimum Gasteiger partial charge on any atom is -0.396 e. The van der Waals surface area contributed by atoms with Crippen LogP contribution in [0.5, 0.6) is 0 Å². The first-order chi connectivity index (χ1) is 8.66. The van der Waals surface area contributed by atoms with Gasteiger partial charge in [0.15, 0.2) is 0 Å². The highest BCUT2D eigenvalue weighted by atomic mass is 16.5. The molecule has 0 bridgehead atoms. The lowest BCUT2D eigenvalue weighted by molar-refractivity contribution is -0.0933. The van der Waals surface area contributed by atoms with Crippen molar-refractivity contribution in [2.45, 2.75) is 12.5 Å². The van der Waals surface area contributed by atoms with Gasteiger partial charge in [0.05, 0.1) is 44.6 Å². The van der Waals surface area contributed by atoms with Crippen LogP contribution in [0.3, 0.4) is 0 Å². The zero-order valence-corrected chi connectivity index (χ0v) is 10.4. The fraction of sp³-hybridized carbons (Fsp3) is 0.833. The van der Waals surface area contributed by atoms with Gasteiger partial charge in [-0.2, -0.15) is 0 Å². The fourth-order valence-electron chi connectivity index (χ4n) is 1.32. The highest BCUT2D eigenvalue weighted by Crippen LogP contribution is 2.22. The number of aliphatic hydroxyl groups excluding tert-OH is 4. The molecular formula is C12H22O6. The molecule has 4 N–H and O–H groups in total. The second-order valence-corrected chi connectivity index (χ2v) is 4.01. The summed E-state index contributed by atoms with van der Waals surface area (Å²) < 4.78 is 10.2. The monoisotopic (exact) mass is 262 g/mol. The standard InChI is InChI=1S/C12H22O6/c1-2-4-17-6-7-18-5-3-11(16)12(8-13,9-14)10-15/h1,11,13-16H,3-10H2. The van der Waals surface area contributed by atoms with Crippen LogP contribution in [-0.4, -0.2) is 72.8 Å². The van der Waals surface area contributed by atoms with E-state index in [1.807, 2.05) is 0 Å². The lowest BCUT2D eigenvalue weighted by atomic mass is 9.83. The first-order valence-electron chi connectivity index (χ1n) is 5.76. The third kappa shape index (κ3) is 5.78. The summed E-state index contributed by atoms with van der Waals surface area (Å²) in [6, 6.07) is 0. The van der Waals surface area contributed by atoms with E-state index >= 15 is 0 Å². The molecule has 0 radical (unpaired) electrons. The molecule has 0 aromatic heterocycles. The largest absolute Gasteiger partial charge is 0.396 e. The number of aliphatic hydroxyl groups is 4. The average molecular weight is 262 g/mol. The van der Waals surface area contributed by atoms with Crippen LogP contribution < -0.4 is 0 Å². The van der Waals surface area contributed by atoms with Gasteiger partial charge in [-0.15, -0.1) is 6.42 Å². The van der Waals surface area contributed by atoms with E-state index < -0.39 is 31.3 Å². The van der Waals surface area contributed by atoms with E-state index in [0.717, 1.165) is 0 Å². The molecule has 0 spiro atoms. The quantitative estimate of drug-likeness (QED) is 0.263. The molecule has 0 saturated carbocycles. The molecule has 106 valence electrons. The predicted octanol–water partition coefficient (Wildman–Crippen LogP) is -1.63. The second kappa shape index (κ2) is 10.3. The van der Waals surface area contributed by atoms with Crippen molar-refractivity contribution in [3.05, 3.63) is 0 Å². The summed E-state index contributed by atoms with van der Waals surface area (Å²) in [5, 5.41) is 37.0. The van der Waals surface area contributed by atoms with Crippen LogP contribution in [0.25, 0.3) is 0 Å². The van der Waals surface area contributed by atoms with Crippen LogP contribution in [0.1, 0.15) is 6.42 Å². The van der Waals surface area contributed by atoms with E-state index in [9.17, 15) is 5.11 Å². The molecule has 1 unspecified atom stereocenters. The lowest BCUT2D eigenvalue weighted by Gasteiger charge is -2.32. The van der Waals surface area contributed by atoms with Gasteiger partial charge in [0.1, 0.15) is 6.61 Å². The number of rotatable bonds is 11. The summed E-state index contributed by atoms with van der Waals surface area (Å²) >= 11 is 0. The SMILES string of the molecule is C#CCOCCOCCC(O)C(CO)(CO)CO. The first kappa shape index (κ1) is 17.3. The van der Waals surface area contributed by atoms with Gasteiger partial charge in [-0.25, -0.2) is 0 Å². The maximum Gasteiger partial charge on any atom is 0.107 e. The van der Waals surface area contributed by atoms with Gasteiger partial charge in [0.25, 0.3) is 0 Å². The molecule has 0 aromatic carbocycles. The molecule has 0 saturated heterocycles. The maximum atomic E-state index is 9.78. The van der Waals surface area contributed by atoms with Crippen molar-refractivity contribution in [3.63, 3.8) is 0 Å². The molecule has 0 heterocycles. The van der Waals surface area contributed by atoms with Crippen LogP contribution in [0, 0.1) is 17.8 Å². The van der Waals surface area contributed by atoms with E-state index in [1.54, 1.807) is 0 Å². The van der Waals surface area contributed by atoms with Crippen LogP contribution in [0.2, 0.25) is 0 Å². The number of hydrogen-bond acceptors (Lipinski definition) is 6. The maximum absolute atomic E-state index is 9.78. The molecule has 0 rings (SSSR count). The van der Waals surface area contributed by atoms with Gasteiger partial charge in [0.2, 0.25) is 0 Å². The molecule has 0 amide bonds. The Hall–Kier alpha value is -0.680. The number of terminal acetylenes is 1. The molecule has 1 atom stereocenters. The van der Waals surface area contributed by atoms with Crippen LogP contribution >= 0.6 is 0 Å². The Morgan fingerprint density at radius 1 is 1.00 bits per heavy atom. The van der Waals surface area contributed by atoms with Crippen molar-refractivity contribution < 1.29 is 29.9 Å². The highest BCUT2D eigenvalue weighted by molar-refractivity contribution is 4.85. The Labute approximate surface area is 107 Å². The predicted molar refractivity (Wildman–Crippen MR) is 64.8 cm³/mol. The molecule has 18 heavy (non-hydrogen) atoms. The summed E-state index contributed by atoms with van der Waals surface area (Å²) in [7, 11) is 0. The van der Waals surface area contributed by atoms with Gasteiger partial charge in [-0.3, -0.25) is 0 Å². The summed E-state index contributed by atoms with van der Waals surface area (Å²) in [6.45, 7) is -0.299. The Morgan fingerprint density at radius 2 is 1.56 bits per heavy atom. The van der Waals surface area contributed by atoms with Gasteiger partial charge in [-0.05, 0) is 6.42 Å². The van der Waals surface area contributed by atoms with E-state index in [1.165, 1.54) is 0 Å². The Morgan fingerprint density at radius 3 is 2.06 bits per heavy atom. The zero-order chi connectivity index (χ0) is 13.9. The van der Waals surface area contributed by atoms with Gasteiger partial charge in [-0.1, -0.05) is 5.92 Å². The average Bonchev–Trinajstić information content (AvgIpc) is 2.40. The van der Waals surface area contributed by atoms with Gasteiger partial charge < -0.3 is 29.9 Å². The van der Waals surface area contributed by atoms with Crippen LogP contribution in [-0.2, 0) is 9.47 Å². The third-order valence-electron chi connectivity index (χ3n) is 2.74. The zero-order valence-electron chi connectivity index (χ0n) is 10.4. The Balaban J connectivity index is 3.75. The van der Waals surface area contributed by atoms with E-state index in [0.29, 0.717) is 13.2 Å². The molecule has 0 aliphatic carbocycles. The van der Waals surface area contributed by atoms with Crippen molar-refractivity contribution in [3.8, 4) is 12.3 Å². The minimum absolute atomic E-state index is 0.205.